The van der Waals surface area contributed by atoms with Crippen LogP contribution in [0.1, 0.15) is 26.7 Å². The zero-order chi connectivity index (χ0) is 33.9. The van der Waals surface area contributed by atoms with Crippen LogP contribution in [0, 0.1) is 0 Å². The van der Waals surface area contributed by atoms with Crippen LogP contribution in [0.15, 0.2) is 138 Å². The second kappa shape index (κ2) is 16.4. The number of carbonyl (C=O) groups excluding carboxylic acids is 3. The van der Waals surface area contributed by atoms with E-state index in [-0.39, 0.29) is 11.6 Å². The standard InChI is InChI=1S/C38H32ClN3O5S/c1-46-29-20-21-34(47-2)27(22-29)23-33(42-36(43)26-14-7-4-8-15-26)37(44)40-28-16-11-17-30(24-28)48-35(25-12-5-3-6-13-25)38(45)41-32-19-10-9-18-31(32)39/h3-24,35H,1-2H3,(H,40,44)(H,41,45)(H,42,43)/b33-23+. The molecular formula is C38H32ClN3O5S. The largest absolute Gasteiger partial charge is 0.497 e. The number of thioether (sulfide) groups is 1. The number of benzene rings is 5. The first-order valence-corrected chi connectivity index (χ1v) is 16.1. The summed E-state index contributed by atoms with van der Waals surface area (Å²) in [6.45, 7) is 0. The van der Waals surface area contributed by atoms with E-state index in [0.29, 0.717) is 39.0 Å². The SMILES string of the molecule is COc1ccc(OC)c(/C=C(/NC(=O)c2ccccc2)C(=O)Nc2cccc(SC(C(=O)Nc3ccccc3Cl)c3ccccc3)c2)c1. The first-order chi connectivity index (χ1) is 23.3. The molecule has 0 spiro atoms. The molecule has 3 N–H and O–H groups in total. The minimum absolute atomic E-state index is 0.0188. The van der Waals surface area contributed by atoms with Crippen LogP contribution in [0.25, 0.3) is 6.08 Å². The summed E-state index contributed by atoms with van der Waals surface area (Å²) in [5.74, 6) is -0.251. The fourth-order valence-electron chi connectivity index (χ4n) is 4.69. The lowest BCUT2D eigenvalue weighted by Gasteiger charge is -2.18. The van der Waals surface area contributed by atoms with E-state index in [4.69, 9.17) is 21.1 Å². The molecule has 0 saturated carbocycles. The molecular weight excluding hydrogens is 646 g/mol. The number of hydrogen-bond donors (Lipinski definition) is 3. The lowest BCUT2D eigenvalue weighted by Crippen LogP contribution is -2.30. The average Bonchev–Trinajstić information content (AvgIpc) is 3.12. The molecule has 1 unspecified atom stereocenters. The molecule has 10 heteroatoms. The van der Waals surface area contributed by atoms with Gasteiger partial charge in [-0.05, 0) is 72.3 Å². The summed E-state index contributed by atoms with van der Waals surface area (Å²) in [6.07, 6.45) is 1.53. The molecule has 0 heterocycles. The lowest BCUT2D eigenvalue weighted by molar-refractivity contribution is -0.116. The second-order valence-corrected chi connectivity index (χ2v) is 11.9. The number of hydrogen-bond acceptors (Lipinski definition) is 6. The third kappa shape index (κ3) is 8.85. The van der Waals surface area contributed by atoms with Gasteiger partial charge in [-0.3, -0.25) is 14.4 Å². The quantitative estimate of drug-likeness (QED) is 0.0908. The van der Waals surface area contributed by atoms with Crippen LogP contribution in [0.3, 0.4) is 0 Å². The topological polar surface area (TPSA) is 106 Å². The highest BCUT2D eigenvalue weighted by Gasteiger charge is 2.23. The third-order valence-electron chi connectivity index (χ3n) is 7.08. The maximum Gasteiger partial charge on any atom is 0.272 e. The lowest BCUT2D eigenvalue weighted by atomic mass is 10.1. The Morgan fingerprint density at radius 3 is 2.17 bits per heavy atom. The van der Waals surface area contributed by atoms with Crippen molar-refractivity contribution in [1.82, 2.24) is 5.32 Å². The molecule has 0 aromatic heterocycles. The molecule has 0 bridgehead atoms. The van der Waals surface area contributed by atoms with Gasteiger partial charge in [-0.2, -0.15) is 0 Å². The first kappa shape index (κ1) is 33.8. The number of ether oxygens (including phenoxy) is 2. The van der Waals surface area contributed by atoms with E-state index in [0.717, 1.165) is 10.5 Å². The fourth-order valence-corrected chi connectivity index (χ4v) is 5.96. The second-order valence-electron chi connectivity index (χ2n) is 10.3. The number of anilines is 2. The van der Waals surface area contributed by atoms with Crippen molar-refractivity contribution in [2.24, 2.45) is 0 Å². The van der Waals surface area contributed by atoms with Gasteiger partial charge in [0.15, 0.2) is 0 Å². The number of amides is 3. The molecule has 0 aliphatic heterocycles. The van der Waals surface area contributed by atoms with Gasteiger partial charge < -0.3 is 25.4 Å². The Hall–Kier alpha value is -5.51. The maximum absolute atomic E-state index is 13.8. The van der Waals surface area contributed by atoms with Crippen molar-refractivity contribution in [1.29, 1.82) is 0 Å². The number of methoxy groups -OCH3 is 2. The van der Waals surface area contributed by atoms with Crippen LogP contribution in [0.2, 0.25) is 5.02 Å². The molecule has 8 nitrogen and oxygen atoms in total. The van der Waals surface area contributed by atoms with Crippen LogP contribution < -0.4 is 25.4 Å². The fraction of sp³-hybridized carbons (Fsp3) is 0.0789. The van der Waals surface area contributed by atoms with Crippen LogP contribution in [0.5, 0.6) is 11.5 Å². The summed E-state index contributed by atoms with van der Waals surface area (Å²) in [7, 11) is 3.05. The molecule has 5 aromatic carbocycles. The molecule has 0 aliphatic rings. The summed E-state index contributed by atoms with van der Waals surface area (Å²) in [5, 5.41) is 8.37. The van der Waals surface area contributed by atoms with Crippen molar-refractivity contribution in [3.63, 3.8) is 0 Å². The van der Waals surface area contributed by atoms with Gasteiger partial charge in [-0.25, -0.2) is 0 Å². The summed E-state index contributed by atoms with van der Waals surface area (Å²) < 4.78 is 10.9. The van der Waals surface area contributed by atoms with Gasteiger partial charge in [-0.15, -0.1) is 11.8 Å². The van der Waals surface area contributed by atoms with Gasteiger partial charge in [0.2, 0.25) is 5.91 Å². The maximum atomic E-state index is 13.8. The van der Waals surface area contributed by atoms with Gasteiger partial charge in [-0.1, -0.05) is 78.3 Å². The Balaban J connectivity index is 1.42. The van der Waals surface area contributed by atoms with Crippen LogP contribution >= 0.6 is 23.4 Å². The van der Waals surface area contributed by atoms with E-state index in [9.17, 15) is 14.4 Å². The molecule has 1 atom stereocenters. The zero-order valence-corrected chi connectivity index (χ0v) is 27.7. The third-order valence-corrected chi connectivity index (χ3v) is 8.66. The van der Waals surface area contributed by atoms with E-state index < -0.39 is 17.1 Å². The number of halogens is 1. The Labute approximate surface area is 288 Å². The number of para-hydroxylation sites is 1. The van der Waals surface area contributed by atoms with Crippen LogP contribution in [-0.2, 0) is 9.59 Å². The minimum Gasteiger partial charge on any atom is -0.497 e. The minimum atomic E-state index is -0.630. The molecule has 242 valence electrons. The highest BCUT2D eigenvalue weighted by molar-refractivity contribution is 8.00. The van der Waals surface area contributed by atoms with E-state index in [1.807, 2.05) is 36.4 Å². The highest BCUT2D eigenvalue weighted by Crippen LogP contribution is 2.38. The molecule has 0 aliphatic carbocycles. The Morgan fingerprint density at radius 1 is 0.750 bits per heavy atom. The van der Waals surface area contributed by atoms with Gasteiger partial charge in [0.1, 0.15) is 22.4 Å². The molecule has 0 saturated heterocycles. The Bertz CT molecular complexity index is 1940. The first-order valence-electron chi connectivity index (χ1n) is 14.8. The van der Waals surface area contributed by atoms with E-state index >= 15 is 0 Å². The molecule has 5 rings (SSSR count). The van der Waals surface area contributed by atoms with Gasteiger partial charge in [0.05, 0.1) is 24.9 Å². The summed E-state index contributed by atoms with van der Waals surface area (Å²) in [5.41, 5.74) is 2.65. The number of nitrogens with one attached hydrogen (secondary N) is 3. The monoisotopic (exact) mass is 677 g/mol. The van der Waals surface area contributed by atoms with Crippen molar-refractivity contribution >= 4 is 58.5 Å². The summed E-state index contributed by atoms with van der Waals surface area (Å²) in [6, 6.07) is 37.3. The molecule has 5 aromatic rings. The predicted molar refractivity (Wildman–Crippen MR) is 192 cm³/mol. The van der Waals surface area contributed by atoms with E-state index in [1.165, 1.54) is 32.1 Å². The van der Waals surface area contributed by atoms with Gasteiger partial charge >= 0.3 is 0 Å². The Kier molecular flexibility index (Phi) is 11.5. The van der Waals surface area contributed by atoms with Gasteiger partial charge in [0.25, 0.3) is 11.8 Å². The van der Waals surface area contributed by atoms with Crippen molar-refractivity contribution < 1.29 is 23.9 Å². The normalized spacial score (nSPS) is 11.6. The van der Waals surface area contributed by atoms with E-state index in [1.54, 1.807) is 91.0 Å². The molecule has 0 radical (unpaired) electrons. The van der Waals surface area contributed by atoms with E-state index in [2.05, 4.69) is 16.0 Å². The van der Waals surface area contributed by atoms with Crippen LogP contribution in [0.4, 0.5) is 11.4 Å². The van der Waals surface area contributed by atoms with Crippen molar-refractivity contribution in [2.75, 3.05) is 24.9 Å². The average molecular weight is 678 g/mol. The van der Waals surface area contributed by atoms with Gasteiger partial charge in [0, 0.05) is 21.7 Å². The zero-order valence-electron chi connectivity index (χ0n) is 26.1. The molecule has 48 heavy (non-hydrogen) atoms. The van der Waals surface area contributed by atoms with Crippen LogP contribution in [-0.4, -0.2) is 31.9 Å². The highest BCUT2D eigenvalue weighted by atomic mass is 35.5. The Morgan fingerprint density at radius 2 is 1.46 bits per heavy atom. The van der Waals surface area contributed by atoms with Crippen molar-refractivity contribution in [3.05, 3.63) is 155 Å². The predicted octanol–water partition coefficient (Wildman–Crippen LogP) is 8.24. The van der Waals surface area contributed by atoms with Crippen molar-refractivity contribution in [3.8, 4) is 11.5 Å². The molecule has 0 fully saturated rings. The van der Waals surface area contributed by atoms with Crippen molar-refractivity contribution in [2.45, 2.75) is 10.1 Å². The number of rotatable bonds is 12. The summed E-state index contributed by atoms with van der Waals surface area (Å²) >= 11 is 7.64. The molecule has 3 amide bonds. The summed E-state index contributed by atoms with van der Waals surface area (Å²) in [4.78, 5) is 41.3. The smallest absolute Gasteiger partial charge is 0.272 e. The number of carbonyl (C=O) groups is 3.